The van der Waals surface area contributed by atoms with Crippen LogP contribution in [0.2, 0.25) is 0 Å². The quantitative estimate of drug-likeness (QED) is 0.373. The number of fused-ring (bicyclic) bond motifs is 1. The predicted octanol–water partition coefficient (Wildman–Crippen LogP) is 1.49. The Morgan fingerprint density at radius 2 is 1.39 bits per heavy atom. The Morgan fingerprint density at radius 1 is 0.778 bits per heavy atom. The van der Waals surface area contributed by atoms with Gasteiger partial charge >= 0.3 is 0 Å². The van der Waals surface area contributed by atoms with Crippen LogP contribution in [0, 0.1) is 5.92 Å². The number of aliphatic hydroxyl groups is 4. The van der Waals surface area contributed by atoms with Crippen LogP contribution in [-0.4, -0.2) is 79.8 Å². The molecule has 1 amide bonds. The van der Waals surface area contributed by atoms with E-state index in [4.69, 9.17) is 0 Å². The Kier molecular flexibility index (Phi) is 11.1. The third-order valence-corrected chi connectivity index (χ3v) is 5.99. The average molecular weight is 498 g/mol. The molecule has 0 unspecified atom stereocenters. The predicted molar refractivity (Wildman–Crippen MR) is 137 cm³/mol. The normalized spacial score (nSPS) is 38.8. The van der Waals surface area contributed by atoms with Crippen LogP contribution in [0.15, 0.2) is 84.1 Å². The molecule has 1 saturated heterocycles. The van der Waals surface area contributed by atoms with Crippen LogP contribution in [0.25, 0.3) is 0 Å². The maximum absolute atomic E-state index is 12.8. The molecule has 2 rings (SSSR count). The first-order chi connectivity index (χ1) is 17.0. The molecule has 2 aliphatic heterocycles. The molecule has 8 nitrogen and oxygen atoms in total. The van der Waals surface area contributed by atoms with Gasteiger partial charge in [-0.2, -0.15) is 0 Å². The number of ketones is 2. The molecule has 4 N–H and O–H groups in total. The van der Waals surface area contributed by atoms with E-state index in [1.807, 2.05) is 13.8 Å². The standard InChI is InChI=1S/C28H35NO7/c1-18-8-4-5-12-23(31)27(35)28(36)24(32)13-7-10-19(2)14-15-21(30)16-25(33)29-17-20(3)26(34)22(29)11-6-9-18/h4-15,20,22,24,26-28,32,34-36H,16-17H2,1-3H3/b8-4+,11-6+,12-5-,13-7+,15-14+,18-9+,19-10+/t20-,22-,24+,26+,27+,28-/m0/s1. The first-order valence-corrected chi connectivity index (χ1v) is 11.8. The highest BCUT2D eigenvalue weighted by Gasteiger charge is 2.39. The van der Waals surface area contributed by atoms with E-state index in [0.717, 1.165) is 11.6 Å². The summed E-state index contributed by atoms with van der Waals surface area (Å²) in [5.74, 6) is -1.66. The lowest BCUT2D eigenvalue weighted by molar-refractivity contribution is -0.135. The molecule has 0 spiro atoms. The van der Waals surface area contributed by atoms with Crippen LogP contribution < -0.4 is 0 Å². The molecule has 2 aliphatic rings. The fourth-order valence-corrected chi connectivity index (χ4v) is 3.76. The van der Waals surface area contributed by atoms with Crippen LogP contribution in [0.1, 0.15) is 27.2 Å². The fraction of sp³-hybridized carbons (Fsp3) is 0.393. The number of aliphatic hydroxyl groups excluding tert-OH is 4. The minimum Gasteiger partial charge on any atom is -0.390 e. The van der Waals surface area contributed by atoms with Crippen molar-refractivity contribution >= 4 is 17.5 Å². The number of carbonyl (C=O) groups is 3. The van der Waals surface area contributed by atoms with Crippen LogP contribution in [0.5, 0.6) is 0 Å². The van der Waals surface area contributed by atoms with Gasteiger partial charge < -0.3 is 25.3 Å². The topological polar surface area (TPSA) is 135 Å². The highest BCUT2D eigenvalue weighted by molar-refractivity contribution is 6.04. The average Bonchev–Trinajstić information content (AvgIpc) is 3.12. The van der Waals surface area contributed by atoms with Gasteiger partial charge in [-0.25, -0.2) is 0 Å². The zero-order chi connectivity index (χ0) is 26.8. The van der Waals surface area contributed by atoms with E-state index < -0.39 is 42.0 Å². The third kappa shape index (κ3) is 8.49. The highest BCUT2D eigenvalue weighted by Crippen LogP contribution is 2.25. The van der Waals surface area contributed by atoms with Gasteiger partial charge in [-0.3, -0.25) is 14.4 Å². The molecule has 2 heterocycles. The molecule has 0 bridgehead atoms. The molecule has 0 aromatic carbocycles. The fourth-order valence-electron chi connectivity index (χ4n) is 3.76. The maximum atomic E-state index is 12.8. The molecule has 0 aromatic rings. The number of hydrogen-bond donors (Lipinski definition) is 4. The Bertz CT molecular complexity index is 1030. The van der Waals surface area contributed by atoms with Crippen molar-refractivity contribution in [3.05, 3.63) is 84.1 Å². The van der Waals surface area contributed by atoms with E-state index >= 15 is 0 Å². The summed E-state index contributed by atoms with van der Waals surface area (Å²) in [6.07, 6.45) is 11.9. The van der Waals surface area contributed by atoms with Gasteiger partial charge in [-0.05, 0) is 26.0 Å². The number of hydrogen-bond acceptors (Lipinski definition) is 7. The van der Waals surface area contributed by atoms with E-state index in [1.165, 1.54) is 35.3 Å². The lowest BCUT2D eigenvalue weighted by Gasteiger charge is -2.23. The number of nitrogens with zero attached hydrogens (tertiary/aromatic N) is 1. The summed E-state index contributed by atoms with van der Waals surface area (Å²) in [5, 5.41) is 40.7. The van der Waals surface area contributed by atoms with Crippen molar-refractivity contribution in [2.75, 3.05) is 6.54 Å². The van der Waals surface area contributed by atoms with E-state index in [1.54, 1.807) is 43.4 Å². The summed E-state index contributed by atoms with van der Waals surface area (Å²) in [6.45, 7) is 5.71. The summed E-state index contributed by atoms with van der Waals surface area (Å²) in [7, 11) is 0. The summed E-state index contributed by atoms with van der Waals surface area (Å²) < 4.78 is 0. The van der Waals surface area contributed by atoms with Crippen molar-refractivity contribution < 1.29 is 34.8 Å². The van der Waals surface area contributed by atoms with E-state index in [0.29, 0.717) is 12.1 Å². The zero-order valence-electron chi connectivity index (χ0n) is 20.8. The largest absolute Gasteiger partial charge is 0.390 e. The summed E-state index contributed by atoms with van der Waals surface area (Å²) >= 11 is 0. The minimum atomic E-state index is -1.81. The minimum absolute atomic E-state index is 0.137. The molecule has 194 valence electrons. The molecule has 6 atom stereocenters. The van der Waals surface area contributed by atoms with E-state index in [9.17, 15) is 34.8 Å². The Morgan fingerprint density at radius 3 is 2.08 bits per heavy atom. The summed E-state index contributed by atoms with van der Waals surface area (Å²) in [4.78, 5) is 38.8. The molecule has 0 saturated carbocycles. The second kappa shape index (κ2) is 13.8. The summed E-state index contributed by atoms with van der Waals surface area (Å²) in [6, 6.07) is -0.553. The van der Waals surface area contributed by atoms with Crippen LogP contribution >= 0.6 is 0 Å². The second-order valence-electron chi connectivity index (χ2n) is 9.12. The molecule has 1 fully saturated rings. The van der Waals surface area contributed by atoms with Crippen LogP contribution in [0.4, 0.5) is 0 Å². The Balaban J connectivity index is 2.33. The molecule has 36 heavy (non-hydrogen) atoms. The Labute approximate surface area is 211 Å². The van der Waals surface area contributed by atoms with Gasteiger partial charge in [0.05, 0.1) is 18.6 Å². The van der Waals surface area contributed by atoms with Gasteiger partial charge in [0.2, 0.25) is 5.91 Å². The lowest BCUT2D eigenvalue weighted by atomic mass is 10.0. The second-order valence-corrected chi connectivity index (χ2v) is 9.12. The van der Waals surface area contributed by atoms with Crippen molar-refractivity contribution in [2.24, 2.45) is 5.92 Å². The first-order valence-electron chi connectivity index (χ1n) is 11.8. The molecule has 0 aromatic heterocycles. The molecular formula is C28H35NO7. The first kappa shape index (κ1) is 29.1. The van der Waals surface area contributed by atoms with Crippen molar-refractivity contribution in [2.45, 2.75) is 57.6 Å². The van der Waals surface area contributed by atoms with Crippen molar-refractivity contribution in [1.82, 2.24) is 4.90 Å². The van der Waals surface area contributed by atoms with Gasteiger partial charge in [-0.15, -0.1) is 0 Å². The number of allylic oxidation sites excluding steroid dienone is 11. The van der Waals surface area contributed by atoms with Crippen LogP contribution in [-0.2, 0) is 14.4 Å². The molecular weight excluding hydrogens is 462 g/mol. The third-order valence-electron chi connectivity index (χ3n) is 5.99. The smallest absolute Gasteiger partial charge is 0.230 e. The van der Waals surface area contributed by atoms with Gasteiger partial charge in [0.25, 0.3) is 0 Å². The van der Waals surface area contributed by atoms with Gasteiger partial charge in [0, 0.05) is 12.5 Å². The number of rotatable bonds is 0. The lowest BCUT2D eigenvalue weighted by Crippen LogP contribution is -2.40. The van der Waals surface area contributed by atoms with Crippen molar-refractivity contribution in [1.29, 1.82) is 0 Å². The summed E-state index contributed by atoms with van der Waals surface area (Å²) in [5.41, 5.74) is 1.44. The maximum Gasteiger partial charge on any atom is 0.230 e. The molecule has 0 aliphatic carbocycles. The zero-order valence-corrected chi connectivity index (χ0v) is 20.8. The van der Waals surface area contributed by atoms with Crippen molar-refractivity contribution in [3.63, 3.8) is 0 Å². The van der Waals surface area contributed by atoms with E-state index in [2.05, 4.69) is 0 Å². The number of carbonyl (C=O) groups excluding carboxylic acids is 3. The SMILES string of the molecule is CC1=C\C=C\[C@H]2[C@H](O)[C@@H](C)CN2C(=O)CC(=O)/C=C/C(C)=C/C=C/[C@@H](O)[C@H](O)[C@H](O)C(=O)/C=C\C=C\1. The van der Waals surface area contributed by atoms with Gasteiger partial charge in [-0.1, -0.05) is 78.8 Å². The van der Waals surface area contributed by atoms with Gasteiger partial charge in [0.15, 0.2) is 11.6 Å². The number of amides is 1. The van der Waals surface area contributed by atoms with E-state index in [-0.39, 0.29) is 18.2 Å². The monoisotopic (exact) mass is 497 g/mol. The van der Waals surface area contributed by atoms with Crippen molar-refractivity contribution in [3.8, 4) is 0 Å². The molecule has 8 heteroatoms. The highest BCUT2D eigenvalue weighted by atomic mass is 16.4. The molecule has 0 radical (unpaired) electrons. The Hall–Kier alpha value is -3.17. The van der Waals surface area contributed by atoms with Gasteiger partial charge in [0.1, 0.15) is 18.3 Å². The van der Waals surface area contributed by atoms with Crippen LogP contribution in [0.3, 0.4) is 0 Å².